The van der Waals surface area contributed by atoms with Crippen LogP contribution < -0.4 is 10.6 Å². The van der Waals surface area contributed by atoms with Crippen molar-refractivity contribution in [1.29, 1.82) is 0 Å². The summed E-state index contributed by atoms with van der Waals surface area (Å²) in [5.41, 5.74) is 3.43. The van der Waals surface area contributed by atoms with Crippen molar-refractivity contribution in [2.45, 2.75) is 30.8 Å². The second kappa shape index (κ2) is 12.4. The molecule has 5 rings (SSSR count). The molecule has 11 nitrogen and oxygen atoms in total. The first-order valence-electron chi connectivity index (χ1n) is 13.9. The number of sulfone groups is 1. The first-order valence-corrected chi connectivity index (χ1v) is 15.8. The Labute approximate surface area is 250 Å². The average molecular weight is 610 g/mol. The molecule has 1 amide bonds. The maximum absolute atomic E-state index is 15.0. The fourth-order valence-electron chi connectivity index (χ4n) is 5.56. The van der Waals surface area contributed by atoms with Gasteiger partial charge in [0.2, 0.25) is 11.9 Å². The zero-order chi connectivity index (χ0) is 30.9. The van der Waals surface area contributed by atoms with E-state index in [1.54, 1.807) is 19.5 Å². The zero-order valence-electron chi connectivity index (χ0n) is 24.8. The number of hydrogen-bond donors (Lipinski definition) is 3. The summed E-state index contributed by atoms with van der Waals surface area (Å²) in [6.07, 6.45) is 4.37. The summed E-state index contributed by atoms with van der Waals surface area (Å²) in [5.74, 6) is -0.946. The van der Waals surface area contributed by atoms with E-state index in [2.05, 4.69) is 49.4 Å². The molecule has 2 aromatic heterocycles. The van der Waals surface area contributed by atoms with Crippen LogP contribution in [-0.2, 0) is 19.4 Å². The van der Waals surface area contributed by atoms with Crippen LogP contribution in [0.4, 0.5) is 21.7 Å². The van der Waals surface area contributed by atoms with Gasteiger partial charge >= 0.3 is 0 Å². The molecule has 43 heavy (non-hydrogen) atoms. The fourth-order valence-corrected chi connectivity index (χ4v) is 6.32. The number of aromatic amines is 1. The third-order valence-corrected chi connectivity index (χ3v) is 8.83. The highest BCUT2D eigenvalue weighted by Gasteiger charge is 2.33. The first-order chi connectivity index (χ1) is 20.5. The molecule has 0 bridgehead atoms. The number of hydrogen-bond acceptors (Lipinski definition) is 9. The first kappa shape index (κ1) is 30.5. The van der Waals surface area contributed by atoms with Gasteiger partial charge in [0, 0.05) is 62.4 Å². The lowest BCUT2D eigenvalue weighted by Crippen LogP contribution is -2.58. The van der Waals surface area contributed by atoms with Crippen LogP contribution in [-0.4, -0.2) is 97.8 Å². The highest BCUT2D eigenvalue weighted by molar-refractivity contribution is 7.90. The van der Waals surface area contributed by atoms with Gasteiger partial charge in [0.05, 0.1) is 29.2 Å². The Balaban J connectivity index is 1.44. The molecule has 1 aliphatic rings. The van der Waals surface area contributed by atoms with E-state index < -0.39 is 26.6 Å². The molecular weight excluding hydrogens is 573 g/mol. The number of H-pyrrole nitrogens is 1. The molecule has 1 saturated heterocycles. The van der Waals surface area contributed by atoms with Crippen LogP contribution in [0, 0.1) is 12.7 Å². The Morgan fingerprint density at radius 3 is 2.67 bits per heavy atom. The Hall–Kier alpha value is -3.91. The second-order valence-corrected chi connectivity index (χ2v) is 13.0. The molecule has 0 aliphatic carbocycles. The lowest BCUT2D eigenvalue weighted by atomic mass is 10.1. The monoisotopic (exact) mass is 609 g/mol. The summed E-state index contributed by atoms with van der Waals surface area (Å²) in [6, 6.07) is 9.47. The zero-order valence-corrected chi connectivity index (χ0v) is 25.6. The molecule has 2 aromatic carbocycles. The SMILES string of the molecule is COC[C@@H](C(=O)Nc1cccc2c(-c3nc(Nc4cccc(S(C)(=O)=O)c4F)ncc3C)c[nH]c12)N1CCN(C)C[C@H]1C. The summed E-state index contributed by atoms with van der Waals surface area (Å²) in [6.45, 7) is 6.76. The Morgan fingerprint density at radius 2 is 1.95 bits per heavy atom. The van der Waals surface area contributed by atoms with Gasteiger partial charge in [0.1, 0.15) is 10.9 Å². The number of anilines is 3. The van der Waals surface area contributed by atoms with Crippen LogP contribution >= 0.6 is 0 Å². The topological polar surface area (TPSA) is 133 Å². The van der Waals surface area contributed by atoms with Crippen molar-refractivity contribution in [2.75, 3.05) is 57.3 Å². The molecular formula is C30H36FN7O4S. The minimum atomic E-state index is -3.76. The number of ether oxygens (including phenoxy) is 1. The number of amides is 1. The number of carbonyl (C=O) groups excluding carboxylic acids is 1. The number of likely N-dealkylation sites (N-methyl/N-ethyl adjacent to an activating group) is 1. The van der Waals surface area contributed by atoms with Gasteiger partial charge in [-0.15, -0.1) is 0 Å². The molecule has 0 unspecified atom stereocenters. The molecule has 1 aliphatic heterocycles. The molecule has 0 saturated carbocycles. The number of aromatic nitrogens is 3. The minimum absolute atomic E-state index is 0.0538. The molecule has 13 heteroatoms. The summed E-state index contributed by atoms with van der Waals surface area (Å²) in [5, 5.41) is 6.74. The average Bonchev–Trinajstić information content (AvgIpc) is 3.38. The fraction of sp³-hybridized carbons (Fsp3) is 0.367. The molecule has 3 heterocycles. The highest BCUT2D eigenvalue weighted by Crippen LogP contribution is 2.34. The summed E-state index contributed by atoms with van der Waals surface area (Å²) in [4.78, 5) is 29.8. The molecule has 3 N–H and O–H groups in total. The van der Waals surface area contributed by atoms with Crippen LogP contribution in [0.15, 0.2) is 53.7 Å². The van der Waals surface area contributed by atoms with Gasteiger partial charge in [-0.2, -0.15) is 0 Å². The van der Waals surface area contributed by atoms with Gasteiger partial charge < -0.3 is 25.3 Å². The maximum Gasteiger partial charge on any atom is 0.244 e. The molecule has 4 aromatic rings. The van der Waals surface area contributed by atoms with Crippen molar-refractivity contribution in [3.8, 4) is 11.3 Å². The van der Waals surface area contributed by atoms with E-state index in [0.717, 1.165) is 47.9 Å². The van der Waals surface area contributed by atoms with Crippen LogP contribution in [0.2, 0.25) is 0 Å². The lowest BCUT2D eigenvalue weighted by Gasteiger charge is -2.41. The standard InChI is InChI=1S/C30H36FN7O4S/c1-18-14-33-30(35-22-9-7-11-25(26(22)31)43(5,40)41)36-27(18)21-15-32-28-20(21)8-6-10-23(28)34-29(39)24(17-42-4)38-13-12-37(3)16-19(38)2/h6-11,14-15,19,24,32H,12-13,16-17H2,1-5H3,(H,34,39)(H,33,35,36)/t19-,24+/m1/s1. The number of para-hydroxylation sites is 1. The second-order valence-electron chi connectivity index (χ2n) is 11.0. The number of rotatable bonds is 9. The maximum atomic E-state index is 15.0. The normalized spacial score (nSPS) is 17.2. The number of aryl methyl sites for hydroxylation is 1. The van der Waals surface area contributed by atoms with Crippen molar-refractivity contribution >= 4 is 44.0 Å². The van der Waals surface area contributed by atoms with Crippen LogP contribution in [0.3, 0.4) is 0 Å². The number of piperazine rings is 1. The van der Waals surface area contributed by atoms with Crippen molar-refractivity contribution < 1.29 is 22.3 Å². The van der Waals surface area contributed by atoms with Crippen LogP contribution in [0.5, 0.6) is 0 Å². The minimum Gasteiger partial charge on any atom is -0.383 e. The van der Waals surface area contributed by atoms with Gasteiger partial charge in [-0.3, -0.25) is 9.69 Å². The van der Waals surface area contributed by atoms with E-state index in [4.69, 9.17) is 4.74 Å². The van der Waals surface area contributed by atoms with Crippen molar-refractivity contribution in [3.05, 3.63) is 60.2 Å². The van der Waals surface area contributed by atoms with Crippen LogP contribution in [0.25, 0.3) is 22.2 Å². The van der Waals surface area contributed by atoms with Crippen molar-refractivity contribution in [2.24, 2.45) is 0 Å². The summed E-state index contributed by atoms with van der Waals surface area (Å²) < 4.78 is 44.4. The Bertz CT molecular complexity index is 1760. The lowest BCUT2D eigenvalue weighted by molar-refractivity contribution is -0.125. The van der Waals surface area contributed by atoms with E-state index in [-0.39, 0.29) is 30.2 Å². The molecule has 0 radical (unpaired) electrons. The predicted molar refractivity (Wildman–Crippen MR) is 165 cm³/mol. The number of nitrogens with zero attached hydrogens (tertiary/aromatic N) is 4. The van der Waals surface area contributed by atoms with Gasteiger partial charge in [-0.1, -0.05) is 18.2 Å². The number of carbonyl (C=O) groups is 1. The van der Waals surface area contributed by atoms with Crippen LogP contribution in [0.1, 0.15) is 12.5 Å². The third-order valence-electron chi connectivity index (χ3n) is 7.72. The van der Waals surface area contributed by atoms with Gasteiger partial charge in [0.25, 0.3) is 0 Å². The summed E-state index contributed by atoms with van der Waals surface area (Å²) in [7, 11) is -0.0781. The molecule has 1 fully saturated rings. The number of methoxy groups -OCH3 is 1. The quantitative estimate of drug-likeness (QED) is 0.259. The van der Waals surface area contributed by atoms with E-state index in [1.165, 1.54) is 18.2 Å². The van der Waals surface area contributed by atoms with E-state index in [9.17, 15) is 17.6 Å². The van der Waals surface area contributed by atoms with Gasteiger partial charge in [-0.25, -0.2) is 22.8 Å². The predicted octanol–water partition coefficient (Wildman–Crippen LogP) is 3.81. The van der Waals surface area contributed by atoms with Gasteiger partial charge in [-0.05, 0) is 44.7 Å². The Kier molecular flexibility index (Phi) is 8.79. The highest BCUT2D eigenvalue weighted by atomic mass is 32.2. The van der Waals surface area contributed by atoms with E-state index >= 15 is 0 Å². The van der Waals surface area contributed by atoms with Crippen molar-refractivity contribution in [3.63, 3.8) is 0 Å². The van der Waals surface area contributed by atoms with Gasteiger partial charge in [0.15, 0.2) is 15.7 Å². The molecule has 228 valence electrons. The third kappa shape index (κ3) is 6.39. The largest absolute Gasteiger partial charge is 0.383 e. The number of fused-ring (bicyclic) bond motifs is 1. The smallest absolute Gasteiger partial charge is 0.244 e. The van der Waals surface area contributed by atoms with E-state index in [0.29, 0.717) is 11.4 Å². The number of benzene rings is 2. The molecule has 0 spiro atoms. The summed E-state index contributed by atoms with van der Waals surface area (Å²) >= 11 is 0. The Morgan fingerprint density at radius 1 is 1.21 bits per heavy atom. The van der Waals surface area contributed by atoms with Crippen molar-refractivity contribution in [1.82, 2.24) is 24.8 Å². The number of nitrogens with one attached hydrogen (secondary N) is 3. The molecule has 2 atom stereocenters. The number of halogens is 1. The van der Waals surface area contributed by atoms with E-state index in [1.807, 2.05) is 25.1 Å².